The number of nitrogens with zero attached hydrogens (tertiary/aromatic N) is 3. The van der Waals surface area contributed by atoms with Gasteiger partial charge in [0, 0.05) is 43.5 Å². The fourth-order valence-electron chi connectivity index (χ4n) is 2.63. The lowest BCUT2D eigenvalue weighted by molar-refractivity contribution is -0.132. The van der Waals surface area contributed by atoms with Gasteiger partial charge in [0.2, 0.25) is 5.91 Å². The highest BCUT2D eigenvalue weighted by Crippen LogP contribution is 2.13. The third-order valence-corrected chi connectivity index (χ3v) is 4.92. The summed E-state index contributed by atoms with van der Waals surface area (Å²) >= 11 is 1.66. The van der Waals surface area contributed by atoms with Crippen molar-refractivity contribution in [3.05, 3.63) is 50.6 Å². The normalized spacial score (nSPS) is 14.7. The Kier molecular flexibility index (Phi) is 5.05. The number of carbonyl (C=O) groups is 2. The second-order valence-electron chi connectivity index (χ2n) is 5.56. The summed E-state index contributed by atoms with van der Waals surface area (Å²) in [5.41, 5.74) is -0.125. The molecule has 7 nitrogen and oxygen atoms in total. The lowest BCUT2D eigenvalue weighted by Gasteiger charge is -2.34. The molecule has 0 aromatic carbocycles. The average molecular weight is 346 g/mol. The fraction of sp³-hybridized carbons (Fsp3) is 0.375. The van der Waals surface area contributed by atoms with Gasteiger partial charge < -0.3 is 9.80 Å². The molecular formula is C16H18N4O3S. The average Bonchev–Trinajstić information content (AvgIpc) is 3.13. The van der Waals surface area contributed by atoms with E-state index < -0.39 is 0 Å². The molecule has 3 heterocycles. The SMILES string of the molecule is O=C(CCc1cccs1)N1CCN(C(=O)c2ccc(=O)[nH]n2)CC1. The Morgan fingerprint density at radius 3 is 2.50 bits per heavy atom. The van der Waals surface area contributed by atoms with Gasteiger partial charge in [0.15, 0.2) is 0 Å². The molecular weight excluding hydrogens is 328 g/mol. The summed E-state index contributed by atoms with van der Waals surface area (Å²) in [5.74, 6) is -0.102. The van der Waals surface area contributed by atoms with Gasteiger partial charge in [0.1, 0.15) is 5.69 Å². The molecule has 0 bridgehead atoms. The maximum atomic E-state index is 12.3. The van der Waals surface area contributed by atoms with Crippen LogP contribution < -0.4 is 5.56 Å². The van der Waals surface area contributed by atoms with E-state index >= 15 is 0 Å². The van der Waals surface area contributed by atoms with Crippen molar-refractivity contribution in [2.45, 2.75) is 12.8 Å². The monoisotopic (exact) mass is 346 g/mol. The number of aromatic nitrogens is 2. The molecule has 1 N–H and O–H groups in total. The number of hydrogen-bond acceptors (Lipinski definition) is 5. The number of amides is 2. The largest absolute Gasteiger partial charge is 0.339 e. The number of carbonyl (C=O) groups excluding carboxylic acids is 2. The van der Waals surface area contributed by atoms with Gasteiger partial charge in [-0.2, -0.15) is 5.10 Å². The second kappa shape index (κ2) is 7.39. The van der Waals surface area contributed by atoms with Crippen LogP contribution in [0.15, 0.2) is 34.4 Å². The van der Waals surface area contributed by atoms with E-state index in [-0.39, 0.29) is 23.1 Å². The molecule has 0 saturated carbocycles. The van der Waals surface area contributed by atoms with Gasteiger partial charge in [-0.25, -0.2) is 5.10 Å². The van der Waals surface area contributed by atoms with Crippen molar-refractivity contribution in [2.75, 3.05) is 26.2 Å². The van der Waals surface area contributed by atoms with E-state index in [4.69, 9.17) is 0 Å². The Morgan fingerprint density at radius 1 is 1.12 bits per heavy atom. The van der Waals surface area contributed by atoms with E-state index in [1.165, 1.54) is 17.0 Å². The van der Waals surface area contributed by atoms with Crippen LogP contribution in [-0.2, 0) is 11.2 Å². The van der Waals surface area contributed by atoms with Crippen molar-refractivity contribution in [3.8, 4) is 0 Å². The highest BCUT2D eigenvalue weighted by Gasteiger charge is 2.25. The van der Waals surface area contributed by atoms with Crippen molar-refractivity contribution in [2.24, 2.45) is 0 Å². The fourth-order valence-corrected chi connectivity index (χ4v) is 3.34. The zero-order chi connectivity index (χ0) is 16.9. The van der Waals surface area contributed by atoms with Crippen LogP contribution in [0, 0.1) is 0 Å². The first-order valence-corrected chi connectivity index (χ1v) is 8.66. The summed E-state index contributed by atoms with van der Waals surface area (Å²) in [5, 5.41) is 8.03. The van der Waals surface area contributed by atoms with Crippen LogP contribution in [0.4, 0.5) is 0 Å². The minimum Gasteiger partial charge on any atom is -0.339 e. The number of rotatable bonds is 4. The molecule has 0 aliphatic carbocycles. The molecule has 0 atom stereocenters. The summed E-state index contributed by atoms with van der Waals surface area (Å²) in [6, 6.07) is 6.72. The van der Waals surface area contributed by atoms with Gasteiger partial charge in [0.05, 0.1) is 0 Å². The highest BCUT2D eigenvalue weighted by molar-refractivity contribution is 7.09. The molecule has 2 aromatic rings. The summed E-state index contributed by atoms with van der Waals surface area (Å²) in [6.07, 6.45) is 1.26. The first-order chi connectivity index (χ1) is 11.6. The zero-order valence-corrected chi connectivity index (χ0v) is 13.9. The maximum absolute atomic E-state index is 12.3. The standard InChI is InChI=1S/C16H18N4O3S/c21-14-5-4-13(17-18-14)16(23)20-9-7-19(8-10-20)15(22)6-3-12-2-1-11-24-12/h1-2,4-5,11H,3,6-10H2,(H,18,21). The molecule has 1 saturated heterocycles. The minimum atomic E-state index is -0.340. The van der Waals surface area contributed by atoms with Crippen molar-refractivity contribution in [1.82, 2.24) is 20.0 Å². The van der Waals surface area contributed by atoms with Crippen LogP contribution >= 0.6 is 11.3 Å². The van der Waals surface area contributed by atoms with Crippen molar-refractivity contribution < 1.29 is 9.59 Å². The highest BCUT2D eigenvalue weighted by atomic mass is 32.1. The van der Waals surface area contributed by atoms with Crippen LogP contribution in [0.25, 0.3) is 0 Å². The first kappa shape index (κ1) is 16.4. The number of hydrogen-bond donors (Lipinski definition) is 1. The maximum Gasteiger partial charge on any atom is 0.274 e. The third kappa shape index (κ3) is 3.88. The number of thiophene rings is 1. The van der Waals surface area contributed by atoms with Crippen molar-refractivity contribution in [3.63, 3.8) is 0 Å². The summed E-state index contributed by atoms with van der Waals surface area (Å²) < 4.78 is 0. The summed E-state index contributed by atoms with van der Waals surface area (Å²) in [4.78, 5) is 40.2. The Hall–Kier alpha value is -2.48. The predicted octanol–water partition coefficient (Wildman–Crippen LogP) is 0.749. The number of nitrogens with one attached hydrogen (secondary N) is 1. The van der Waals surface area contributed by atoms with Gasteiger partial charge in [-0.05, 0) is 23.9 Å². The van der Waals surface area contributed by atoms with Crippen LogP contribution in [0.2, 0.25) is 0 Å². The summed E-state index contributed by atoms with van der Waals surface area (Å²) in [6.45, 7) is 2.01. The Labute approximate surface area is 142 Å². The van der Waals surface area contributed by atoms with E-state index in [9.17, 15) is 14.4 Å². The van der Waals surface area contributed by atoms with E-state index in [0.717, 1.165) is 6.42 Å². The molecule has 2 aromatic heterocycles. The molecule has 3 rings (SSSR count). The lowest BCUT2D eigenvalue weighted by Crippen LogP contribution is -2.50. The Balaban J connectivity index is 1.49. The van der Waals surface area contributed by atoms with Gasteiger partial charge in [-0.15, -0.1) is 11.3 Å². The molecule has 2 amide bonds. The molecule has 1 fully saturated rings. The van der Waals surface area contributed by atoms with E-state index in [0.29, 0.717) is 32.6 Å². The smallest absolute Gasteiger partial charge is 0.274 e. The molecule has 0 spiro atoms. The van der Waals surface area contributed by atoms with E-state index in [2.05, 4.69) is 10.2 Å². The van der Waals surface area contributed by atoms with Gasteiger partial charge in [-0.3, -0.25) is 14.4 Å². The van der Waals surface area contributed by atoms with E-state index in [1.807, 2.05) is 17.5 Å². The van der Waals surface area contributed by atoms with Crippen LogP contribution in [0.3, 0.4) is 0 Å². The van der Waals surface area contributed by atoms with Crippen LogP contribution in [0.5, 0.6) is 0 Å². The van der Waals surface area contributed by atoms with Crippen LogP contribution in [0.1, 0.15) is 21.8 Å². The number of aryl methyl sites for hydroxylation is 1. The minimum absolute atomic E-state index is 0.123. The number of aromatic amines is 1. The molecule has 0 radical (unpaired) electrons. The zero-order valence-electron chi connectivity index (χ0n) is 13.1. The van der Waals surface area contributed by atoms with Crippen molar-refractivity contribution in [1.29, 1.82) is 0 Å². The summed E-state index contributed by atoms with van der Waals surface area (Å²) in [7, 11) is 0. The molecule has 24 heavy (non-hydrogen) atoms. The second-order valence-corrected chi connectivity index (χ2v) is 6.59. The Morgan fingerprint density at radius 2 is 1.88 bits per heavy atom. The molecule has 1 aliphatic heterocycles. The predicted molar refractivity (Wildman–Crippen MR) is 90.0 cm³/mol. The Bertz CT molecular complexity index is 743. The topological polar surface area (TPSA) is 86.4 Å². The molecule has 0 unspecified atom stereocenters. The third-order valence-electron chi connectivity index (χ3n) is 3.98. The quantitative estimate of drug-likeness (QED) is 0.885. The molecule has 126 valence electrons. The van der Waals surface area contributed by atoms with Gasteiger partial charge in [-0.1, -0.05) is 6.07 Å². The molecule has 8 heteroatoms. The number of piperazine rings is 1. The van der Waals surface area contributed by atoms with Gasteiger partial charge in [0.25, 0.3) is 11.5 Å². The van der Waals surface area contributed by atoms with Crippen molar-refractivity contribution >= 4 is 23.2 Å². The number of H-pyrrole nitrogens is 1. The van der Waals surface area contributed by atoms with Gasteiger partial charge >= 0.3 is 0 Å². The van der Waals surface area contributed by atoms with E-state index in [1.54, 1.807) is 21.1 Å². The molecule has 1 aliphatic rings. The van der Waals surface area contributed by atoms with Crippen LogP contribution in [-0.4, -0.2) is 58.0 Å². The first-order valence-electron chi connectivity index (χ1n) is 7.78. The lowest BCUT2D eigenvalue weighted by atomic mass is 10.2.